The average molecular weight is 257 g/mol. The summed E-state index contributed by atoms with van der Waals surface area (Å²) in [7, 11) is 0. The fourth-order valence-corrected chi connectivity index (χ4v) is 1.41. The van der Waals surface area contributed by atoms with Gasteiger partial charge in [-0.1, -0.05) is 30.3 Å². The number of hydrogen-bond donors (Lipinski definition) is 3. The van der Waals surface area contributed by atoms with Crippen molar-refractivity contribution in [2.45, 2.75) is 0 Å². The number of amides is 1. The van der Waals surface area contributed by atoms with Gasteiger partial charge in [-0.05, 0) is 11.6 Å². The van der Waals surface area contributed by atoms with E-state index in [1.165, 1.54) is 6.08 Å². The summed E-state index contributed by atoms with van der Waals surface area (Å²) in [5.74, 6) is -0.457. The molecule has 6 nitrogen and oxygen atoms in total. The Morgan fingerprint density at radius 3 is 2.58 bits per heavy atom. The van der Waals surface area contributed by atoms with Crippen molar-refractivity contribution in [1.29, 1.82) is 0 Å². The first kappa shape index (κ1) is 12.6. The number of hydrogen-bond acceptors (Lipinski definition) is 3. The SMILES string of the molecule is O=C(/C=C\c1ccccc1)Nc1c[nH]c(=O)[nH]c1=O. The predicted octanol–water partition coefficient (Wildman–Crippen LogP) is 0.715. The van der Waals surface area contributed by atoms with E-state index < -0.39 is 17.2 Å². The van der Waals surface area contributed by atoms with Gasteiger partial charge in [-0.15, -0.1) is 0 Å². The number of aromatic amines is 2. The molecule has 3 N–H and O–H groups in total. The molecule has 2 aromatic rings. The molecule has 0 saturated heterocycles. The van der Waals surface area contributed by atoms with Crippen LogP contribution >= 0.6 is 0 Å². The second kappa shape index (κ2) is 5.63. The predicted molar refractivity (Wildman–Crippen MR) is 71.8 cm³/mol. The third-order valence-corrected chi connectivity index (χ3v) is 2.30. The van der Waals surface area contributed by atoms with Crippen LogP contribution in [0.2, 0.25) is 0 Å². The highest BCUT2D eigenvalue weighted by Gasteiger charge is 2.02. The van der Waals surface area contributed by atoms with Crippen LogP contribution in [-0.2, 0) is 4.79 Å². The number of aromatic nitrogens is 2. The molecule has 0 unspecified atom stereocenters. The molecule has 6 heteroatoms. The van der Waals surface area contributed by atoms with Crippen LogP contribution in [0.25, 0.3) is 6.08 Å². The molecule has 96 valence electrons. The van der Waals surface area contributed by atoms with Crippen LogP contribution in [0, 0.1) is 0 Å². The van der Waals surface area contributed by atoms with E-state index in [2.05, 4.69) is 10.3 Å². The maximum Gasteiger partial charge on any atom is 0.325 e. The van der Waals surface area contributed by atoms with Gasteiger partial charge in [-0.25, -0.2) is 4.79 Å². The molecule has 1 heterocycles. The third kappa shape index (κ3) is 3.53. The first-order valence-corrected chi connectivity index (χ1v) is 5.51. The van der Waals surface area contributed by atoms with Crippen molar-refractivity contribution in [1.82, 2.24) is 9.97 Å². The number of H-pyrrole nitrogens is 2. The summed E-state index contributed by atoms with van der Waals surface area (Å²) in [6, 6.07) is 9.26. The Morgan fingerprint density at radius 1 is 1.16 bits per heavy atom. The van der Waals surface area contributed by atoms with E-state index >= 15 is 0 Å². The monoisotopic (exact) mass is 257 g/mol. The number of carbonyl (C=O) groups excluding carboxylic acids is 1. The van der Waals surface area contributed by atoms with Gasteiger partial charge in [-0.2, -0.15) is 0 Å². The average Bonchev–Trinajstić information content (AvgIpc) is 2.41. The van der Waals surface area contributed by atoms with E-state index in [-0.39, 0.29) is 5.69 Å². The minimum Gasteiger partial charge on any atom is -0.317 e. The minimum atomic E-state index is -0.648. The Bertz CT molecular complexity index is 714. The molecule has 1 amide bonds. The minimum absolute atomic E-state index is 0.0117. The van der Waals surface area contributed by atoms with Crippen LogP contribution in [0.15, 0.2) is 52.2 Å². The van der Waals surface area contributed by atoms with Gasteiger partial charge in [-0.3, -0.25) is 14.6 Å². The van der Waals surface area contributed by atoms with Crippen LogP contribution in [0.5, 0.6) is 0 Å². The van der Waals surface area contributed by atoms with Gasteiger partial charge in [0.05, 0.1) is 0 Å². The van der Waals surface area contributed by atoms with Crippen molar-refractivity contribution in [2.75, 3.05) is 5.32 Å². The zero-order valence-electron chi connectivity index (χ0n) is 9.84. The van der Waals surface area contributed by atoms with Gasteiger partial charge < -0.3 is 10.3 Å². The molecule has 0 fully saturated rings. The number of benzene rings is 1. The molecular formula is C13H11N3O3. The van der Waals surface area contributed by atoms with Crippen molar-refractivity contribution in [2.24, 2.45) is 0 Å². The topological polar surface area (TPSA) is 94.8 Å². The van der Waals surface area contributed by atoms with Crippen LogP contribution in [-0.4, -0.2) is 15.9 Å². The molecule has 0 saturated carbocycles. The van der Waals surface area contributed by atoms with E-state index in [9.17, 15) is 14.4 Å². The lowest BCUT2D eigenvalue weighted by atomic mass is 10.2. The van der Waals surface area contributed by atoms with Crippen LogP contribution < -0.4 is 16.6 Å². The summed E-state index contributed by atoms with van der Waals surface area (Å²) in [5.41, 5.74) is -0.414. The Morgan fingerprint density at radius 2 is 1.89 bits per heavy atom. The zero-order valence-corrected chi connectivity index (χ0v) is 9.84. The van der Waals surface area contributed by atoms with E-state index in [0.717, 1.165) is 11.8 Å². The van der Waals surface area contributed by atoms with Crippen molar-refractivity contribution in [3.05, 3.63) is 69.0 Å². The summed E-state index contributed by atoms with van der Waals surface area (Å²) in [6.07, 6.45) is 4.07. The second-order valence-electron chi connectivity index (χ2n) is 3.72. The highest BCUT2D eigenvalue weighted by molar-refractivity contribution is 6.01. The van der Waals surface area contributed by atoms with Crippen LogP contribution in [0.3, 0.4) is 0 Å². The van der Waals surface area contributed by atoms with E-state index in [4.69, 9.17) is 0 Å². The van der Waals surface area contributed by atoms with Crippen LogP contribution in [0.1, 0.15) is 5.56 Å². The normalized spacial score (nSPS) is 10.5. The molecule has 0 aliphatic heterocycles. The molecule has 0 radical (unpaired) electrons. The molecule has 1 aromatic carbocycles. The summed E-state index contributed by atoms with van der Waals surface area (Å²) >= 11 is 0. The number of rotatable bonds is 3. The number of anilines is 1. The molecule has 0 spiro atoms. The molecular weight excluding hydrogens is 246 g/mol. The molecule has 19 heavy (non-hydrogen) atoms. The summed E-state index contributed by atoms with van der Waals surface area (Å²) in [5, 5.41) is 2.37. The first-order valence-electron chi connectivity index (χ1n) is 5.51. The summed E-state index contributed by atoms with van der Waals surface area (Å²) in [6.45, 7) is 0. The highest BCUT2D eigenvalue weighted by atomic mass is 16.2. The number of carbonyl (C=O) groups is 1. The number of nitrogens with one attached hydrogen (secondary N) is 3. The zero-order chi connectivity index (χ0) is 13.7. The van der Waals surface area contributed by atoms with E-state index in [0.29, 0.717) is 0 Å². The summed E-state index contributed by atoms with van der Waals surface area (Å²) in [4.78, 5) is 38.0. The maximum atomic E-state index is 11.6. The molecule has 0 aliphatic rings. The lowest BCUT2D eigenvalue weighted by molar-refractivity contribution is -0.111. The lowest BCUT2D eigenvalue weighted by Gasteiger charge is -1.99. The van der Waals surface area contributed by atoms with Gasteiger partial charge in [0, 0.05) is 12.3 Å². The maximum absolute atomic E-state index is 11.6. The summed E-state index contributed by atoms with van der Waals surface area (Å²) < 4.78 is 0. The largest absolute Gasteiger partial charge is 0.325 e. The van der Waals surface area contributed by atoms with Crippen molar-refractivity contribution in [3.8, 4) is 0 Å². The van der Waals surface area contributed by atoms with Crippen molar-refractivity contribution in [3.63, 3.8) is 0 Å². The molecule has 0 atom stereocenters. The fraction of sp³-hybridized carbons (Fsp3) is 0. The third-order valence-electron chi connectivity index (χ3n) is 2.30. The van der Waals surface area contributed by atoms with Gasteiger partial charge >= 0.3 is 5.69 Å². The van der Waals surface area contributed by atoms with E-state index in [1.807, 2.05) is 35.3 Å². The van der Waals surface area contributed by atoms with Crippen molar-refractivity contribution >= 4 is 17.7 Å². The van der Waals surface area contributed by atoms with Gasteiger partial charge in [0.1, 0.15) is 5.69 Å². The van der Waals surface area contributed by atoms with Crippen molar-refractivity contribution < 1.29 is 4.79 Å². The Labute approximate surface area is 107 Å². The quantitative estimate of drug-likeness (QED) is 0.707. The van der Waals surface area contributed by atoms with Gasteiger partial charge in [0.2, 0.25) is 5.91 Å². The standard InChI is InChI=1S/C13H11N3O3/c17-11(7-6-9-4-2-1-3-5-9)15-10-8-14-13(19)16-12(10)18/h1-8H,(H,15,17)(H2,14,16,18,19)/b7-6-. The van der Waals surface area contributed by atoms with Gasteiger partial charge in [0.15, 0.2) is 0 Å². The second-order valence-corrected chi connectivity index (χ2v) is 3.72. The van der Waals surface area contributed by atoms with Gasteiger partial charge in [0.25, 0.3) is 5.56 Å². The molecule has 0 aliphatic carbocycles. The first-order chi connectivity index (χ1) is 9.15. The Balaban J connectivity index is 2.08. The highest BCUT2D eigenvalue weighted by Crippen LogP contribution is 2.01. The van der Waals surface area contributed by atoms with E-state index in [1.54, 1.807) is 6.08 Å². The van der Waals surface area contributed by atoms with Crippen LogP contribution in [0.4, 0.5) is 5.69 Å². The Hall–Kier alpha value is -2.89. The fourth-order valence-electron chi connectivity index (χ4n) is 1.41. The smallest absolute Gasteiger partial charge is 0.317 e. The molecule has 2 rings (SSSR count). The Kier molecular flexibility index (Phi) is 3.72. The molecule has 1 aromatic heterocycles. The molecule has 0 bridgehead atoms. The lowest BCUT2D eigenvalue weighted by Crippen LogP contribution is -2.25.